The SMILES string of the molecule is CC(C)Br.CN[C@@H](Cc1ccc(O)cc1)C(=O)OC. The molecule has 2 N–H and O–H groups in total. The number of phenols is 1. The molecule has 1 atom stereocenters. The summed E-state index contributed by atoms with van der Waals surface area (Å²) >= 11 is 3.27. The summed E-state index contributed by atoms with van der Waals surface area (Å²) in [4.78, 5) is 11.9. The van der Waals surface area contributed by atoms with Crippen molar-refractivity contribution in [2.75, 3.05) is 14.2 Å². The Bertz CT molecular complexity index is 363. The smallest absolute Gasteiger partial charge is 0.323 e. The van der Waals surface area contributed by atoms with Crippen LogP contribution in [0.5, 0.6) is 5.75 Å². The number of hydrogen-bond acceptors (Lipinski definition) is 4. The van der Waals surface area contributed by atoms with E-state index >= 15 is 0 Å². The molecular weight excluding hydrogens is 310 g/mol. The number of likely N-dealkylation sites (N-methyl/N-ethyl adjacent to an activating group) is 1. The zero-order valence-electron chi connectivity index (χ0n) is 11.8. The first-order valence-corrected chi connectivity index (χ1v) is 6.99. The average Bonchev–Trinajstić information content (AvgIpc) is 2.36. The zero-order valence-corrected chi connectivity index (χ0v) is 13.4. The first kappa shape index (κ1) is 17.9. The van der Waals surface area contributed by atoms with Gasteiger partial charge in [0.05, 0.1) is 7.11 Å². The molecule has 0 fully saturated rings. The first-order valence-electron chi connectivity index (χ1n) is 6.07. The van der Waals surface area contributed by atoms with Crippen LogP contribution in [0.2, 0.25) is 0 Å². The Labute approximate surface area is 123 Å². The van der Waals surface area contributed by atoms with Crippen LogP contribution in [0.1, 0.15) is 19.4 Å². The number of carbonyl (C=O) groups is 1. The van der Waals surface area contributed by atoms with Crippen LogP contribution in [0.3, 0.4) is 0 Å². The Morgan fingerprint density at radius 1 is 1.37 bits per heavy atom. The van der Waals surface area contributed by atoms with Gasteiger partial charge < -0.3 is 15.2 Å². The van der Waals surface area contributed by atoms with E-state index in [-0.39, 0.29) is 17.8 Å². The molecule has 108 valence electrons. The number of nitrogens with one attached hydrogen (secondary N) is 1. The van der Waals surface area contributed by atoms with Gasteiger partial charge in [-0.25, -0.2) is 0 Å². The summed E-state index contributed by atoms with van der Waals surface area (Å²) in [6, 6.07) is 6.41. The average molecular weight is 332 g/mol. The van der Waals surface area contributed by atoms with E-state index < -0.39 is 0 Å². The molecular formula is C14H22BrNO3. The third-order valence-electron chi connectivity index (χ3n) is 2.21. The third kappa shape index (κ3) is 8.61. The molecule has 0 radical (unpaired) electrons. The highest BCUT2D eigenvalue weighted by molar-refractivity contribution is 9.09. The maximum absolute atomic E-state index is 11.3. The number of hydrogen-bond donors (Lipinski definition) is 2. The summed E-state index contributed by atoms with van der Waals surface area (Å²) in [5.74, 6) is -0.0663. The van der Waals surface area contributed by atoms with Gasteiger partial charge in [0, 0.05) is 4.83 Å². The zero-order chi connectivity index (χ0) is 14.8. The number of benzene rings is 1. The van der Waals surface area contributed by atoms with Crippen LogP contribution in [0.4, 0.5) is 0 Å². The molecule has 0 aromatic heterocycles. The monoisotopic (exact) mass is 331 g/mol. The predicted octanol–water partition coefficient (Wildman–Crippen LogP) is 2.49. The van der Waals surface area contributed by atoms with Crippen molar-refractivity contribution in [3.8, 4) is 5.75 Å². The molecule has 1 aromatic carbocycles. The van der Waals surface area contributed by atoms with Crippen LogP contribution in [0.25, 0.3) is 0 Å². The van der Waals surface area contributed by atoms with Gasteiger partial charge in [-0.15, -0.1) is 0 Å². The van der Waals surface area contributed by atoms with Crippen molar-refractivity contribution < 1.29 is 14.6 Å². The number of alkyl halides is 1. The maximum Gasteiger partial charge on any atom is 0.323 e. The summed E-state index contributed by atoms with van der Waals surface area (Å²) in [5, 5.41) is 12.0. The van der Waals surface area contributed by atoms with E-state index in [9.17, 15) is 4.79 Å². The summed E-state index contributed by atoms with van der Waals surface area (Å²) in [6.07, 6.45) is 0.545. The number of methoxy groups -OCH3 is 1. The molecule has 5 heteroatoms. The Balaban J connectivity index is 0.000000711. The molecule has 0 aliphatic heterocycles. The normalized spacial score (nSPS) is 11.5. The quantitative estimate of drug-likeness (QED) is 0.657. The van der Waals surface area contributed by atoms with Gasteiger partial charge >= 0.3 is 5.97 Å². The van der Waals surface area contributed by atoms with Crippen molar-refractivity contribution in [3.05, 3.63) is 29.8 Å². The van der Waals surface area contributed by atoms with Crippen LogP contribution in [-0.4, -0.2) is 36.1 Å². The Kier molecular flexibility index (Phi) is 9.26. The third-order valence-corrected chi connectivity index (χ3v) is 2.21. The molecule has 0 saturated heterocycles. The molecule has 1 rings (SSSR count). The van der Waals surface area contributed by atoms with Gasteiger partial charge in [-0.2, -0.15) is 0 Å². The minimum Gasteiger partial charge on any atom is -0.508 e. The first-order chi connectivity index (χ1) is 8.90. The van der Waals surface area contributed by atoms with Crippen LogP contribution in [0, 0.1) is 0 Å². The summed E-state index contributed by atoms with van der Waals surface area (Å²) in [7, 11) is 3.07. The second-order valence-electron chi connectivity index (χ2n) is 4.25. The topological polar surface area (TPSA) is 58.6 Å². The van der Waals surface area contributed by atoms with Crippen molar-refractivity contribution in [2.45, 2.75) is 31.1 Å². The minimum atomic E-state index is -0.348. The predicted molar refractivity (Wildman–Crippen MR) is 80.7 cm³/mol. The molecule has 19 heavy (non-hydrogen) atoms. The standard InChI is InChI=1S/C11H15NO3.C3H7Br/c1-12-10(11(14)15-2)7-8-3-5-9(13)6-4-8;1-3(2)4/h3-6,10,12-13H,7H2,1-2H3;3H,1-2H3/t10-;/m0./s1. The van der Waals surface area contributed by atoms with Crippen molar-refractivity contribution in [1.82, 2.24) is 5.32 Å². The van der Waals surface area contributed by atoms with Gasteiger partial charge in [-0.05, 0) is 31.2 Å². The highest BCUT2D eigenvalue weighted by atomic mass is 79.9. The Hall–Kier alpha value is -1.07. The molecule has 1 aromatic rings. The number of ether oxygens (including phenoxy) is 1. The van der Waals surface area contributed by atoms with Crippen LogP contribution < -0.4 is 5.32 Å². The van der Waals surface area contributed by atoms with Gasteiger partial charge in [-0.3, -0.25) is 4.79 Å². The molecule has 0 aliphatic carbocycles. The van der Waals surface area contributed by atoms with Gasteiger partial charge in [0.2, 0.25) is 0 Å². The highest BCUT2D eigenvalue weighted by Crippen LogP contribution is 2.11. The van der Waals surface area contributed by atoms with Crippen molar-refractivity contribution in [2.24, 2.45) is 0 Å². The lowest BCUT2D eigenvalue weighted by Gasteiger charge is -2.13. The van der Waals surface area contributed by atoms with Crippen molar-refractivity contribution in [1.29, 1.82) is 0 Å². The number of aromatic hydroxyl groups is 1. The number of halogens is 1. The van der Waals surface area contributed by atoms with Gasteiger partial charge in [0.1, 0.15) is 11.8 Å². The molecule has 0 heterocycles. The molecule has 0 bridgehead atoms. The van der Waals surface area contributed by atoms with Gasteiger partial charge in [0.15, 0.2) is 0 Å². The molecule has 0 spiro atoms. The second kappa shape index (κ2) is 9.81. The molecule has 0 unspecified atom stereocenters. The Morgan fingerprint density at radius 3 is 2.21 bits per heavy atom. The lowest BCUT2D eigenvalue weighted by Crippen LogP contribution is -2.36. The van der Waals surface area contributed by atoms with E-state index in [1.54, 1.807) is 31.3 Å². The fourth-order valence-electron chi connectivity index (χ4n) is 1.31. The van der Waals surface area contributed by atoms with Crippen LogP contribution in [-0.2, 0) is 16.0 Å². The van der Waals surface area contributed by atoms with Crippen molar-refractivity contribution >= 4 is 21.9 Å². The Morgan fingerprint density at radius 2 is 1.84 bits per heavy atom. The minimum absolute atomic E-state index is 0.220. The lowest BCUT2D eigenvalue weighted by atomic mass is 10.1. The van der Waals surface area contributed by atoms with Gasteiger partial charge in [-0.1, -0.05) is 41.9 Å². The largest absolute Gasteiger partial charge is 0.508 e. The van der Waals surface area contributed by atoms with E-state index in [1.165, 1.54) is 7.11 Å². The van der Waals surface area contributed by atoms with E-state index in [4.69, 9.17) is 5.11 Å². The van der Waals surface area contributed by atoms with Gasteiger partial charge in [0.25, 0.3) is 0 Å². The second-order valence-corrected chi connectivity index (χ2v) is 6.08. The summed E-state index contributed by atoms with van der Waals surface area (Å²) in [6.45, 7) is 4.17. The molecule has 0 aliphatic rings. The number of rotatable bonds is 4. The molecule has 4 nitrogen and oxygen atoms in total. The molecule has 0 amide bonds. The maximum atomic E-state index is 11.3. The van der Waals surface area contributed by atoms with E-state index in [0.717, 1.165) is 5.56 Å². The van der Waals surface area contributed by atoms with E-state index in [0.29, 0.717) is 11.2 Å². The van der Waals surface area contributed by atoms with E-state index in [1.807, 2.05) is 0 Å². The number of esters is 1. The molecule has 0 saturated carbocycles. The fourth-order valence-corrected chi connectivity index (χ4v) is 1.31. The highest BCUT2D eigenvalue weighted by Gasteiger charge is 2.16. The van der Waals surface area contributed by atoms with E-state index in [2.05, 4.69) is 39.8 Å². The summed E-state index contributed by atoms with van der Waals surface area (Å²) in [5.41, 5.74) is 0.970. The lowest BCUT2D eigenvalue weighted by molar-refractivity contribution is -0.142. The number of carbonyl (C=O) groups excluding carboxylic acids is 1. The van der Waals surface area contributed by atoms with Crippen LogP contribution in [0.15, 0.2) is 24.3 Å². The van der Waals surface area contributed by atoms with Crippen LogP contribution >= 0.6 is 15.9 Å². The number of phenolic OH excluding ortho intramolecular Hbond substituents is 1. The fraction of sp³-hybridized carbons (Fsp3) is 0.500. The van der Waals surface area contributed by atoms with Crippen molar-refractivity contribution in [3.63, 3.8) is 0 Å². The summed E-state index contributed by atoms with van der Waals surface area (Å²) < 4.78 is 4.65.